The van der Waals surface area contributed by atoms with E-state index in [9.17, 15) is 4.79 Å². The fraction of sp³-hybridized carbons (Fsp3) is 0.550. The molecule has 0 radical (unpaired) electrons. The molecular weight excluding hydrogens is 352 g/mol. The molecule has 1 N–H and O–H groups in total. The standard InChI is InChI=1S/C20H28N2O3.ClH/c1-24-14-20(23)21-18-13-22(12-17(18)15-9-10-15)11-5-7-16-6-3-4-8-19(16)25-2;/h3-8,15,17-18H,9-14H2,1-2H3,(H,21,23);1H/t17-,18+;/m1./s1. The minimum Gasteiger partial charge on any atom is -0.496 e. The number of nitrogens with one attached hydrogen (secondary N) is 1. The van der Waals surface area contributed by atoms with E-state index in [-0.39, 0.29) is 31.0 Å². The molecule has 1 saturated heterocycles. The second-order valence-electron chi connectivity index (χ2n) is 6.97. The number of hydrogen-bond acceptors (Lipinski definition) is 4. The van der Waals surface area contributed by atoms with Crippen molar-refractivity contribution in [2.45, 2.75) is 18.9 Å². The van der Waals surface area contributed by atoms with Gasteiger partial charge in [-0.15, -0.1) is 12.4 Å². The van der Waals surface area contributed by atoms with E-state index in [1.165, 1.54) is 12.8 Å². The molecule has 2 atom stereocenters. The molecule has 0 unspecified atom stereocenters. The zero-order chi connectivity index (χ0) is 17.6. The molecule has 0 spiro atoms. The van der Waals surface area contributed by atoms with E-state index in [1.807, 2.05) is 18.2 Å². The second-order valence-corrected chi connectivity index (χ2v) is 6.97. The molecular formula is C20H29ClN2O3. The molecule has 0 aromatic heterocycles. The van der Waals surface area contributed by atoms with Crippen LogP contribution in [0.5, 0.6) is 5.75 Å². The number of halogens is 1. The molecule has 1 saturated carbocycles. The van der Waals surface area contributed by atoms with Gasteiger partial charge in [0.05, 0.1) is 7.11 Å². The van der Waals surface area contributed by atoms with Gasteiger partial charge in [0.25, 0.3) is 0 Å². The lowest BCUT2D eigenvalue weighted by Crippen LogP contribution is -2.42. The van der Waals surface area contributed by atoms with Crippen LogP contribution >= 0.6 is 12.4 Å². The molecule has 144 valence electrons. The molecule has 1 amide bonds. The van der Waals surface area contributed by atoms with Crippen molar-refractivity contribution in [3.8, 4) is 5.75 Å². The number of carbonyl (C=O) groups is 1. The third-order valence-corrected chi connectivity index (χ3v) is 5.09. The maximum atomic E-state index is 11.9. The Morgan fingerprint density at radius 1 is 1.27 bits per heavy atom. The average Bonchev–Trinajstić information content (AvgIpc) is 3.38. The van der Waals surface area contributed by atoms with Crippen molar-refractivity contribution in [3.63, 3.8) is 0 Å². The summed E-state index contributed by atoms with van der Waals surface area (Å²) in [4.78, 5) is 14.3. The summed E-state index contributed by atoms with van der Waals surface area (Å²) in [7, 11) is 3.25. The molecule has 1 aromatic rings. The van der Waals surface area contributed by atoms with Crippen LogP contribution in [-0.2, 0) is 9.53 Å². The summed E-state index contributed by atoms with van der Waals surface area (Å²) in [6.07, 6.45) is 6.89. The highest BCUT2D eigenvalue weighted by atomic mass is 35.5. The number of likely N-dealkylation sites (tertiary alicyclic amines) is 1. The summed E-state index contributed by atoms with van der Waals surface area (Å²) < 4.78 is 10.3. The lowest BCUT2D eigenvalue weighted by Gasteiger charge is -2.19. The van der Waals surface area contributed by atoms with Crippen molar-refractivity contribution < 1.29 is 14.3 Å². The highest BCUT2D eigenvalue weighted by molar-refractivity contribution is 5.85. The predicted octanol–water partition coefficient (Wildman–Crippen LogP) is 2.60. The minimum absolute atomic E-state index is 0. The van der Waals surface area contributed by atoms with Crippen LogP contribution in [0, 0.1) is 11.8 Å². The minimum atomic E-state index is -0.00966. The van der Waals surface area contributed by atoms with Crippen molar-refractivity contribution in [1.29, 1.82) is 0 Å². The Morgan fingerprint density at radius 3 is 2.73 bits per heavy atom. The molecule has 1 aliphatic heterocycles. The third kappa shape index (κ3) is 5.47. The van der Waals surface area contributed by atoms with Gasteiger partial charge in [-0.3, -0.25) is 9.69 Å². The van der Waals surface area contributed by atoms with Crippen LogP contribution in [0.3, 0.4) is 0 Å². The average molecular weight is 381 g/mol. The van der Waals surface area contributed by atoms with Crippen LogP contribution in [0.15, 0.2) is 30.3 Å². The summed E-state index contributed by atoms with van der Waals surface area (Å²) in [5.41, 5.74) is 1.09. The molecule has 5 nitrogen and oxygen atoms in total. The maximum absolute atomic E-state index is 11.9. The fourth-order valence-corrected chi connectivity index (χ4v) is 3.73. The van der Waals surface area contributed by atoms with Gasteiger partial charge in [0.1, 0.15) is 12.4 Å². The number of rotatable bonds is 8. The van der Waals surface area contributed by atoms with E-state index in [4.69, 9.17) is 9.47 Å². The summed E-state index contributed by atoms with van der Waals surface area (Å²) in [6, 6.07) is 8.27. The van der Waals surface area contributed by atoms with Gasteiger partial charge in [-0.25, -0.2) is 0 Å². The normalized spacial score (nSPS) is 23.0. The van der Waals surface area contributed by atoms with Crippen molar-refractivity contribution in [1.82, 2.24) is 10.2 Å². The Morgan fingerprint density at radius 2 is 2.04 bits per heavy atom. The second kappa shape index (κ2) is 9.95. The predicted molar refractivity (Wildman–Crippen MR) is 106 cm³/mol. The first-order valence-electron chi connectivity index (χ1n) is 9.01. The number of para-hydroxylation sites is 1. The molecule has 2 fully saturated rings. The van der Waals surface area contributed by atoms with Crippen LogP contribution in [0.1, 0.15) is 18.4 Å². The largest absolute Gasteiger partial charge is 0.496 e. The molecule has 2 aliphatic rings. The first-order chi connectivity index (χ1) is 12.2. The van der Waals surface area contributed by atoms with Gasteiger partial charge >= 0.3 is 0 Å². The van der Waals surface area contributed by atoms with Crippen LogP contribution in [0.25, 0.3) is 6.08 Å². The van der Waals surface area contributed by atoms with Gasteiger partial charge in [-0.2, -0.15) is 0 Å². The van der Waals surface area contributed by atoms with Crippen molar-refractivity contribution in [2.75, 3.05) is 40.5 Å². The topological polar surface area (TPSA) is 50.8 Å². The van der Waals surface area contributed by atoms with Crippen LogP contribution in [-0.4, -0.2) is 57.3 Å². The molecule has 1 aliphatic carbocycles. The van der Waals surface area contributed by atoms with Crippen molar-refractivity contribution >= 4 is 24.4 Å². The van der Waals surface area contributed by atoms with E-state index >= 15 is 0 Å². The van der Waals surface area contributed by atoms with Gasteiger partial charge in [-0.05, 0) is 30.7 Å². The SMILES string of the molecule is COCC(=O)N[C@H]1CN(CC=Cc2ccccc2OC)C[C@@H]1C1CC1.Cl. The first-order valence-corrected chi connectivity index (χ1v) is 9.01. The number of hydrogen-bond donors (Lipinski definition) is 1. The van der Waals surface area contributed by atoms with Crippen LogP contribution in [0.4, 0.5) is 0 Å². The molecule has 6 heteroatoms. The van der Waals surface area contributed by atoms with E-state index in [2.05, 4.69) is 28.4 Å². The first kappa shape index (κ1) is 20.7. The Kier molecular flexibility index (Phi) is 7.94. The zero-order valence-corrected chi connectivity index (χ0v) is 16.3. The highest BCUT2D eigenvalue weighted by Gasteiger charge is 2.42. The summed E-state index contributed by atoms with van der Waals surface area (Å²) in [5.74, 6) is 2.22. The number of amides is 1. The fourth-order valence-electron chi connectivity index (χ4n) is 3.73. The maximum Gasteiger partial charge on any atom is 0.246 e. The molecule has 1 heterocycles. The zero-order valence-electron chi connectivity index (χ0n) is 15.5. The third-order valence-electron chi connectivity index (χ3n) is 5.09. The highest BCUT2D eigenvalue weighted by Crippen LogP contribution is 2.41. The van der Waals surface area contributed by atoms with Gasteiger partial charge in [0.15, 0.2) is 0 Å². The molecule has 1 aromatic carbocycles. The van der Waals surface area contributed by atoms with E-state index < -0.39 is 0 Å². The Balaban J connectivity index is 0.00000243. The molecule has 3 rings (SSSR count). The number of carbonyl (C=O) groups excluding carboxylic acids is 1. The quantitative estimate of drug-likeness (QED) is 0.753. The smallest absolute Gasteiger partial charge is 0.246 e. The lowest BCUT2D eigenvalue weighted by molar-refractivity contribution is -0.125. The lowest BCUT2D eigenvalue weighted by atomic mass is 9.98. The number of ether oxygens (including phenoxy) is 2. The summed E-state index contributed by atoms with van der Waals surface area (Å²) in [6.45, 7) is 2.99. The summed E-state index contributed by atoms with van der Waals surface area (Å²) in [5, 5.41) is 3.16. The Bertz CT molecular complexity index is 619. The molecule has 26 heavy (non-hydrogen) atoms. The van der Waals surface area contributed by atoms with E-state index in [1.54, 1.807) is 14.2 Å². The van der Waals surface area contributed by atoms with Gasteiger partial charge in [0, 0.05) is 38.3 Å². The Hall–Kier alpha value is -1.56. The Labute approximate surface area is 162 Å². The number of nitrogens with zero attached hydrogens (tertiary/aromatic N) is 1. The van der Waals surface area contributed by atoms with Gasteiger partial charge in [-0.1, -0.05) is 30.4 Å². The number of methoxy groups -OCH3 is 2. The van der Waals surface area contributed by atoms with Gasteiger partial charge in [0.2, 0.25) is 5.91 Å². The van der Waals surface area contributed by atoms with E-state index in [0.717, 1.165) is 36.9 Å². The van der Waals surface area contributed by atoms with Crippen molar-refractivity contribution in [2.24, 2.45) is 11.8 Å². The number of benzene rings is 1. The van der Waals surface area contributed by atoms with E-state index in [0.29, 0.717) is 5.92 Å². The monoisotopic (exact) mass is 380 g/mol. The van der Waals surface area contributed by atoms with Crippen LogP contribution < -0.4 is 10.1 Å². The van der Waals surface area contributed by atoms with Crippen LogP contribution in [0.2, 0.25) is 0 Å². The summed E-state index contributed by atoms with van der Waals surface area (Å²) >= 11 is 0. The molecule has 0 bridgehead atoms. The van der Waals surface area contributed by atoms with Gasteiger partial charge < -0.3 is 14.8 Å². The van der Waals surface area contributed by atoms with Crippen molar-refractivity contribution in [3.05, 3.63) is 35.9 Å².